The van der Waals surface area contributed by atoms with Gasteiger partial charge in [0.25, 0.3) is 5.91 Å². The van der Waals surface area contributed by atoms with Crippen LogP contribution in [0.5, 0.6) is 5.75 Å². The molecule has 25 heavy (non-hydrogen) atoms. The zero-order valence-corrected chi connectivity index (χ0v) is 15.3. The third-order valence-corrected chi connectivity index (χ3v) is 4.73. The Morgan fingerprint density at radius 1 is 1.40 bits per heavy atom. The van der Waals surface area contributed by atoms with Crippen molar-refractivity contribution in [2.75, 3.05) is 27.2 Å². The van der Waals surface area contributed by atoms with Crippen molar-refractivity contribution < 1.29 is 14.1 Å². The average molecular weight is 343 g/mol. The molecule has 0 bridgehead atoms. The van der Waals surface area contributed by atoms with Gasteiger partial charge in [-0.25, -0.2) is 0 Å². The van der Waals surface area contributed by atoms with E-state index in [4.69, 9.17) is 9.26 Å². The van der Waals surface area contributed by atoms with Gasteiger partial charge in [0.05, 0.1) is 0 Å². The fourth-order valence-electron chi connectivity index (χ4n) is 3.07. The summed E-state index contributed by atoms with van der Waals surface area (Å²) in [6.07, 6.45) is 0.985. The molecule has 134 valence electrons. The molecule has 0 radical (unpaired) electrons. The van der Waals surface area contributed by atoms with Crippen molar-refractivity contribution in [1.82, 2.24) is 15.0 Å². The molecule has 1 aliphatic heterocycles. The summed E-state index contributed by atoms with van der Waals surface area (Å²) in [5, 5.41) is 3.92. The van der Waals surface area contributed by atoms with E-state index in [1.165, 1.54) is 0 Å². The highest BCUT2D eigenvalue weighted by Gasteiger charge is 2.28. The Morgan fingerprint density at radius 3 is 2.92 bits per heavy atom. The molecule has 1 amide bonds. The monoisotopic (exact) mass is 343 g/mol. The normalized spacial score (nSPS) is 17.7. The van der Waals surface area contributed by atoms with E-state index in [-0.39, 0.29) is 18.6 Å². The van der Waals surface area contributed by atoms with Gasteiger partial charge >= 0.3 is 0 Å². The topological polar surface area (TPSA) is 58.8 Å². The van der Waals surface area contributed by atoms with Gasteiger partial charge in [0.2, 0.25) is 0 Å². The molecule has 0 saturated carbocycles. The first-order chi connectivity index (χ1) is 11.9. The lowest BCUT2D eigenvalue weighted by molar-refractivity contribution is 0.0727. The number of hydrogen-bond acceptors (Lipinski definition) is 5. The van der Waals surface area contributed by atoms with Crippen LogP contribution in [0.2, 0.25) is 0 Å². The number of hydrogen-bond donors (Lipinski definition) is 0. The maximum absolute atomic E-state index is 12.6. The number of nitrogens with zero attached hydrogens (tertiary/aromatic N) is 3. The smallest absolute Gasteiger partial charge is 0.276 e. The molecule has 6 nitrogen and oxygen atoms in total. The zero-order chi connectivity index (χ0) is 18.0. The molecule has 1 fully saturated rings. The van der Waals surface area contributed by atoms with Gasteiger partial charge in [-0.05, 0) is 51.1 Å². The van der Waals surface area contributed by atoms with Crippen molar-refractivity contribution in [3.05, 3.63) is 46.8 Å². The quantitative estimate of drug-likeness (QED) is 0.835. The summed E-state index contributed by atoms with van der Waals surface area (Å²) >= 11 is 0. The molecular formula is C19H25N3O3. The van der Waals surface area contributed by atoms with Gasteiger partial charge in [-0.2, -0.15) is 0 Å². The number of aromatic nitrogens is 1. The van der Waals surface area contributed by atoms with E-state index < -0.39 is 0 Å². The Labute approximate surface area is 148 Å². The Balaban J connectivity index is 1.62. The van der Waals surface area contributed by atoms with Gasteiger partial charge in [0, 0.05) is 25.7 Å². The number of amides is 1. The fourth-order valence-corrected chi connectivity index (χ4v) is 3.07. The van der Waals surface area contributed by atoms with Gasteiger partial charge in [-0.3, -0.25) is 4.79 Å². The van der Waals surface area contributed by atoms with Gasteiger partial charge < -0.3 is 19.1 Å². The van der Waals surface area contributed by atoms with Crippen molar-refractivity contribution in [3.63, 3.8) is 0 Å². The molecule has 1 atom stereocenters. The largest absolute Gasteiger partial charge is 0.485 e. The number of aryl methyl sites for hydroxylation is 2. The van der Waals surface area contributed by atoms with Gasteiger partial charge in [0.15, 0.2) is 11.5 Å². The highest BCUT2D eigenvalue weighted by Crippen LogP contribution is 2.21. The predicted octanol–water partition coefficient (Wildman–Crippen LogP) is 2.65. The van der Waals surface area contributed by atoms with E-state index in [1.807, 2.05) is 39.1 Å². The van der Waals surface area contributed by atoms with Crippen LogP contribution < -0.4 is 4.74 Å². The minimum atomic E-state index is -0.109. The standard InChI is InChI=1S/C19H25N3O3/c1-13-5-6-14(2)18(9-13)24-12-16-10-17(20-25-16)19(23)22(4)15-7-8-21(3)11-15/h5-6,9-10,15H,7-8,11-12H2,1-4H3. The van der Waals surface area contributed by atoms with Crippen LogP contribution in [0.15, 0.2) is 28.8 Å². The van der Waals surface area contributed by atoms with Crippen molar-refractivity contribution in [2.24, 2.45) is 0 Å². The highest BCUT2D eigenvalue weighted by molar-refractivity contribution is 5.92. The predicted molar refractivity (Wildman–Crippen MR) is 94.7 cm³/mol. The molecule has 1 aromatic carbocycles. The van der Waals surface area contributed by atoms with Gasteiger partial charge in [0.1, 0.15) is 12.4 Å². The Morgan fingerprint density at radius 2 is 2.20 bits per heavy atom. The van der Waals surface area contributed by atoms with Crippen molar-refractivity contribution >= 4 is 5.91 Å². The molecule has 1 saturated heterocycles. The van der Waals surface area contributed by atoms with Crippen LogP contribution in [-0.4, -0.2) is 54.1 Å². The first-order valence-electron chi connectivity index (χ1n) is 8.55. The van der Waals surface area contributed by atoms with Crippen LogP contribution in [0, 0.1) is 13.8 Å². The molecule has 0 aliphatic carbocycles. The molecule has 2 aromatic rings. The lowest BCUT2D eigenvalue weighted by Gasteiger charge is -2.23. The number of likely N-dealkylation sites (tertiary alicyclic amines) is 1. The maximum atomic E-state index is 12.6. The summed E-state index contributed by atoms with van der Waals surface area (Å²) in [5.74, 6) is 1.25. The van der Waals surface area contributed by atoms with Crippen molar-refractivity contribution in [2.45, 2.75) is 32.9 Å². The third kappa shape index (κ3) is 4.02. The Bertz CT molecular complexity index is 756. The van der Waals surface area contributed by atoms with E-state index in [2.05, 4.69) is 17.1 Å². The summed E-state index contributed by atoms with van der Waals surface area (Å²) in [4.78, 5) is 16.6. The third-order valence-electron chi connectivity index (χ3n) is 4.73. The van der Waals surface area contributed by atoms with Crippen LogP contribution in [-0.2, 0) is 6.61 Å². The first kappa shape index (κ1) is 17.5. The summed E-state index contributed by atoms with van der Waals surface area (Å²) in [6, 6.07) is 7.95. The van der Waals surface area contributed by atoms with E-state index >= 15 is 0 Å². The molecular weight excluding hydrogens is 318 g/mol. The molecule has 6 heteroatoms. The second-order valence-electron chi connectivity index (χ2n) is 6.86. The second-order valence-corrected chi connectivity index (χ2v) is 6.86. The number of rotatable bonds is 5. The second kappa shape index (κ2) is 7.27. The van der Waals surface area contributed by atoms with E-state index in [0.29, 0.717) is 11.5 Å². The molecule has 1 aliphatic rings. The van der Waals surface area contributed by atoms with Crippen LogP contribution in [0.1, 0.15) is 33.8 Å². The molecule has 1 aromatic heterocycles. The molecule has 0 spiro atoms. The van der Waals surface area contributed by atoms with Crippen molar-refractivity contribution in [3.8, 4) is 5.75 Å². The Hall–Kier alpha value is -2.34. The number of carbonyl (C=O) groups is 1. The van der Waals surface area contributed by atoms with E-state index in [1.54, 1.807) is 11.0 Å². The summed E-state index contributed by atoms with van der Waals surface area (Å²) in [5.41, 5.74) is 2.53. The van der Waals surface area contributed by atoms with Gasteiger partial charge in [-0.15, -0.1) is 0 Å². The molecule has 1 unspecified atom stereocenters. The van der Waals surface area contributed by atoms with Crippen molar-refractivity contribution in [1.29, 1.82) is 0 Å². The van der Waals surface area contributed by atoms with Crippen LogP contribution >= 0.6 is 0 Å². The van der Waals surface area contributed by atoms with E-state index in [0.717, 1.165) is 36.4 Å². The lowest BCUT2D eigenvalue weighted by Crippen LogP contribution is -2.38. The minimum absolute atomic E-state index is 0.109. The van der Waals surface area contributed by atoms with Crippen LogP contribution in [0.3, 0.4) is 0 Å². The number of likely N-dealkylation sites (N-methyl/N-ethyl adjacent to an activating group) is 2. The molecule has 0 N–H and O–H groups in total. The summed E-state index contributed by atoms with van der Waals surface area (Å²) < 4.78 is 11.1. The Kier molecular flexibility index (Phi) is 5.08. The molecule has 2 heterocycles. The van der Waals surface area contributed by atoms with Gasteiger partial charge in [-0.1, -0.05) is 17.3 Å². The number of benzene rings is 1. The fraction of sp³-hybridized carbons (Fsp3) is 0.474. The number of carbonyl (C=O) groups excluding carboxylic acids is 1. The highest BCUT2D eigenvalue weighted by atomic mass is 16.5. The van der Waals surface area contributed by atoms with Crippen LogP contribution in [0.4, 0.5) is 0 Å². The zero-order valence-electron chi connectivity index (χ0n) is 15.3. The lowest BCUT2D eigenvalue weighted by atomic mass is 10.1. The van der Waals surface area contributed by atoms with E-state index in [9.17, 15) is 4.79 Å². The maximum Gasteiger partial charge on any atom is 0.276 e. The SMILES string of the molecule is Cc1ccc(C)c(OCc2cc(C(=O)N(C)C3CCN(C)C3)no2)c1. The first-order valence-corrected chi connectivity index (χ1v) is 8.55. The summed E-state index contributed by atoms with van der Waals surface area (Å²) in [7, 11) is 3.89. The molecule has 3 rings (SSSR count). The number of ether oxygens (including phenoxy) is 1. The summed E-state index contributed by atoms with van der Waals surface area (Å²) in [6.45, 7) is 6.17. The minimum Gasteiger partial charge on any atom is -0.485 e. The average Bonchev–Trinajstić information content (AvgIpc) is 3.23. The van der Waals surface area contributed by atoms with Crippen LogP contribution in [0.25, 0.3) is 0 Å².